The van der Waals surface area contributed by atoms with Gasteiger partial charge in [0.05, 0.1) is 16.9 Å². The summed E-state index contributed by atoms with van der Waals surface area (Å²) >= 11 is 0. The van der Waals surface area contributed by atoms with E-state index in [9.17, 15) is 0 Å². The predicted octanol–water partition coefficient (Wildman–Crippen LogP) is 12.0. The van der Waals surface area contributed by atoms with Gasteiger partial charge in [-0.05, 0) is 107 Å². The lowest BCUT2D eigenvalue weighted by Gasteiger charge is -2.28. The minimum absolute atomic E-state index is 0.0725. The fraction of sp³-hybridized carbons (Fsp3) is 0.102. The molecule has 0 unspecified atom stereocenters. The van der Waals surface area contributed by atoms with Crippen molar-refractivity contribution in [3.63, 3.8) is 0 Å². The first-order valence-corrected chi connectivity index (χ1v) is 18.7. The molecule has 0 amide bonds. The molecule has 7 aromatic carbocycles. The highest BCUT2D eigenvalue weighted by molar-refractivity contribution is 6.73. The van der Waals surface area contributed by atoms with E-state index in [1.807, 2.05) is 6.07 Å². The van der Waals surface area contributed by atoms with Crippen LogP contribution in [0.3, 0.4) is 0 Å². The van der Waals surface area contributed by atoms with Crippen molar-refractivity contribution in [3.05, 3.63) is 169 Å². The van der Waals surface area contributed by atoms with E-state index in [-0.39, 0.29) is 5.41 Å². The van der Waals surface area contributed by atoms with E-state index in [4.69, 9.17) is 4.42 Å². The van der Waals surface area contributed by atoms with Gasteiger partial charge in [-0.1, -0.05) is 106 Å². The molecule has 2 aromatic heterocycles. The number of hydrogen-bond donors (Lipinski definition) is 1. The zero-order chi connectivity index (χ0) is 36.6. The summed E-state index contributed by atoms with van der Waals surface area (Å²) in [7, 11) is 2.27. The highest BCUT2D eigenvalue weighted by Crippen LogP contribution is 2.43. The Morgan fingerprint density at radius 1 is 0.630 bits per heavy atom. The van der Waals surface area contributed by atoms with Crippen LogP contribution in [0.15, 0.2) is 162 Å². The molecule has 3 heterocycles. The van der Waals surface area contributed by atoms with Crippen LogP contribution in [0.5, 0.6) is 0 Å². The second-order valence-corrected chi connectivity index (χ2v) is 15.4. The molecule has 10 rings (SSSR count). The zero-order valence-corrected chi connectivity index (χ0v) is 30.9. The Hall–Kier alpha value is -6.46. The van der Waals surface area contributed by atoms with Gasteiger partial charge in [-0.3, -0.25) is 0 Å². The zero-order valence-electron chi connectivity index (χ0n) is 30.9. The Kier molecular flexibility index (Phi) is 7.35. The molecule has 5 heteroatoms. The maximum absolute atomic E-state index is 6.66. The van der Waals surface area contributed by atoms with E-state index < -0.39 is 0 Å². The van der Waals surface area contributed by atoms with Crippen LogP contribution in [0, 0.1) is 6.92 Å². The lowest BCUT2D eigenvalue weighted by atomic mass is 9.62. The SMILES string of the molecule is Cc1cc(-c2cc(N(c3ccccc3)c3ccccc3)ccc2Nc2ccc(C(C)(C)C)cc2)c2c3c1c1ccccc1n3-c1c(oc3ccccc13)[B]2. The van der Waals surface area contributed by atoms with E-state index in [1.165, 1.54) is 32.9 Å². The van der Waals surface area contributed by atoms with Crippen LogP contribution in [0.4, 0.5) is 28.4 Å². The number of furan rings is 1. The molecule has 0 bridgehead atoms. The summed E-state index contributed by atoms with van der Waals surface area (Å²) in [5.41, 5.74) is 16.6. The third-order valence-corrected chi connectivity index (χ3v) is 10.9. The second-order valence-electron chi connectivity index (χ2n) is 15.4. The Balaban J connectivity index is 1.25. The van der Waals surface area contributed by atoms with E-state index in [0.717, 1.165) is 67.3 Å². The molecule has 1 aliphatic heterocycles. The predicted molar refractivity (Wildman–Crippen MR) is 229 cm³/mol. The fourth-order valence-electron chi connectivity index (χ4n) is 8.31. The minimum Gasteiger partial charge on any atom is -0.469 e. The smallest absolute Gasteiger partial charge is 0.247 e. The van der Waals surface area contributed by atoms with Gasteiger partial charge in [-0.15, -0.1) is 0 Å². The van der Waals surface area contributed by atoms with Gasteiger partial charge in [0.15, 0.2) is 0 Å². The van der Waals surface area contributed by atoms with Crippen molar-refractivity contribution < 1.29 is 4.42 Å². The first-order chi connectivity index (χ1) is 26.3. The van der Waals surface area contributed by atoms with E-state index in [0.29, 0.717) is 0 Å². The lowest BCUT2D eigenvalue weighted by Crippen LogP contribution is -2.36. The van der Waals surface area contributed by atoms with Gasteiger partial charge in [0.1, 0.15) is 5.58 Å². The van der Waals surface area contributed by atoms with Crippen molar-refractivity contribution in [2.45, 2.75) is 33.1 Å². The van der Waals surface area contributed by atoms with Gasteiger partial charge in [-0.2, -0.15) is 0 Å². The van der Waals surface area contributed by atoms with E-state index >= 15 is 0 Å². The summed E-state index contributed by atoms with van der Waals surface area (Å²) in [5.74, 6) is 0. The molecule has 1 aliphatic rings. The molecule has 4 nitrogen and oxygen atoms in total. The molecule has 0 aliphatic carbocycles. The van der Waals surface area contributed by atoms with Crippen molar-refractivity contribution >= 4 is 79.6 Å². The Labute approximate surface area is 316 Å². The number of aromatic nitrogens is 1. The highest BCUT2D eigenvalue weighted by Gasteiger charge is 2.31. The van der Waals surface area contributed by atoms with Crippen LogP contribution in [0.25, 0.3) is 49.6 Å². The summed E-state index contributed by atoms with van der Waals surface area (Å²) < 4.78 is 9.10. The summed E-state index contributed by atoms with van der Waals surface area (Å²) in [6.45, 7) is 9.02. The molecular formula is C49H39BN3O. The first kappa shape index (κ1) is 32.2. The number of aryl methyl sites for hydroxylation is 1. The van der Waals surface area contributed by atoms with Crippen LogP contribution in [-0.2, 0) is 5.41 Å². The standard InChI is InChI=1S/C49H39BN3O/c1-31-29-40(45-47-44(31)37-19-11-13-21-42(37)53(47)46-38-20-12-14-22-43(38)54-48(46)50-45)39-30-36(52(34-15-7-5-8-16-34)35-17-9-6-10-18-35)27-28-41(39)51-33-25-23-32(24-26-33)49(2,3)4/h5-30,51H,1-4H3. The highest BCUT2D eigenvalue weighted by atomic mass is 16.3. The van der Waals surface area contributed by atoms with Crippen molar-refractivity contribution in [1.82, 2.24) is 4.57 Å². The average molecular weight is 697 g/mol. The van der Waals surface area contributed by atoms with Crippen LogP contribution >= 0.6 is 0 Å². The Bertz CT molecular complexity index is 2820. The lowest BCUT2D eigenvalue weighted by molar-refractivity contribution is 0.590. The number of nitrogens with zero attached hydrogens (tertiary/aromatic N) is 2. The summed E-state index contributed by atoms with van der Waals surface area (Å²) in [6, 6.07) is 56.4. The molecule has 54 heavy (non-hydrogen) atoms. The summed E-state index contributed by atoms with van der Waals surface area (Å²) in [5, 5.41) is 7.49. The molecule has 0 atom stereocenters. The number of nitrogens with one attached hydrogen (secondary N) is 1. The maximum Gasteiger partial charge on any atom is 0.247 e. The molecule has 1 radical (unpaired) electrons. The molecule has 0 saturated carbocycles. The normalized spacial score (nSPS) is 12.2. The second kappa shape index (κ2) is 12.3. The third kappa shape index (κ3) is 5.14. The summed E-state index contributed by atoms with van der Waals surface area (Å²) in [4.78, 5) is 2.33. The van der Waals surface area contributed by atoms with Crippen molar-refractivity contribution in [2.75, 3.05) is 10.2 Å². The molecule has 0 fully saturated rings. The molecular weight excluding hydrogens is 657 g/mol. The number of anilines is 5. The van der Waals surface area contributed by atoms with E-state index in [1.54, 1.807) is 0 Å². The van der Waals surface area contributed by atoms with Gasteiger partial charge in [0.2, 0.25) is 7.28 Å². The fourth-order valence-corrected chi connectivity index (χ4v) is 8.31. The van der Waals surface area contributed by atoms with Crippen LogP contribution in [0.1, 0.15) is 31.9 Å². The van der Waals surface area contributed by atoms with E-state index in [2.05, 4.69) is 201 Å². The van der Waals surface area contributed by atoms with Gasteiger partial charge in [0.25, 0.3) is 0 Å². The molecule has 0 spiro atoms. The monoisotopic (exact) mass is 696 g/mol. The van der Waals surface area contributed by atoms with Crippen molar-refractivity contribution in [3.8, 4) is 16.8 Å². The quantitative estimate of drug-likeness (QED) is 0.176. The van der Waals surface area contributed by atoms with Gasteiger partial charge < -0.3 is 19.2 Å². The number of rotatable bonds is 6. The Morgan fingerprint density at radius 3 is 1.98 bits per heavy atom. The Morgan fingerprint density at radius 2 is 1.28 bits per heavy atom. The number of para-hydroxylation sites is 4. The largest absolute Gasteiger partial charge is 0.469 e. The molecule has 259 valence electrons. The van der Waals surface area contributed by atoms with Crippen molar-refractivity contribution in [2.24, 2.45) is 0 Å². The van der Waals surface area contributed by atoms with Crippen LogP contribution in [0.2, 0.25) is 0 Å². The van der Waals surface area contributed by atoms with Crippen molar-refractivity contribution in [1.29, 1.82) is 0 Å². The number of benzene rings is 7. The molecule has 9 aromatic rings. The number of hydrogen-bond acceptors (Lipinski definition) is 3. The maximum atomic E-state index is 6.66. The van der Waals surface area contributed by atoms with Crippen LogP contribution in [-0.4, -0.2) is 11.8 Å². The molecule has 1 N–H and O–H groups in total. The third-order valence-electron chi connectivity index (χ3n) is 10.9. The average Bonchev–Trinajstić information content (AvgIpc) is 3.74. The first-order valence-electron chi connectivity index (χ1n) is 18.7. The number of fused-ring (bicyclic) bond motifs is 7. The van der Waals surface area contributed by atoms with Gasteiger partial charge in [-0.25, -0.2) is 0 Å². The van der Waals surface area contributed by atoms with Gasteiger partial charge >= 0.3 is 0 Å². The van der Waals surface area contributed by atoms with Gasteiger partial charge in [0, 0.05) is 55.7 Å². The topological polar surface area (TPSA) is 33.3 Å². The summed E-state index contributed by atoms with van der Waals surface area (Å²) in [6.07, 6.45) is 0. The molecule has 0 saturated heterocycles. The van der Waals surface area contributed by atoms with Crippen LogP contribution < -0.4 is 21.3 Å². The minimum atomic E-state index is 0.0725.